The summed E-state index contributed by atoms with van der Waals surface area (Å²) in [7, 11) is 1.25. The number of hydrogen-bond acceptors (Lipinski definition) is 3. The van der Waals surface area contributed by atoms with Gasteiger partial charge in [-0.3, -0.25) is 9.78 Å². The molecule has 82 valence electrons. The van der Waals surface area contributed by atoms with Crippen LogP contribution in [0, 0.1) is 0 Å². The van der Waals surface area contributed by atoms with Crippen molar-refractivity contribution >= 4 is 21.9 Å². The molecule has 6 heteroatoms. The minimum atomic E-state index is -2.57. The number of halogens is 3. The molecule has 0 bridgehead atoms. The average Bonchev–Trinajstić information content (AvgIpc) is 2.20. The first-order valence-corrected chi connectivity index (χ1v) is 4.83. The minimum absolute atomic E-state index is 0.0411. The fraction of sp³-hybridized carbons (Fsp3) is 0.333. The normalized spacial score (nSPS) is 10.5. The highest BCUT2D eigenvalue weighted by Crippen LogP contribution is 2.23. The third-order valence-corrected chi connectivity index (χ3v) is 2.42. The van der Waals surface area contributed by atoms with Gasteiger partial charge < -0.3 is 4.74 Å². The molecule has 0 atom stereocenters. The molecule has 0 unspecified atom stereocenters. The summed E-state index contributed by atoms with van der Waals surface area (Å²) < 4.78 is 29.3. The van der Waals surface area contributed by atoms with Crippen LogP contribution in [0.5, 0.6) is 0 Å². The first kappa shape index (κ1) is 12.0. The number of methoxy groups -OCH3 is 1. The van der Waals surface area contributed by atoms with E-state index >= 15 is 0 Å². The van der Waals surface area contributed by atoms with Gasteiger partial charge in [0.05, 0.1) is 19.2 Å². The Morgan fingerprint density at radius 2 is 2.33 bits per heavy atom. The van der Waals surface area contributed by atoms with Gasteiger partial charge in [-0.25, -0.2) is 8.78 Å². The predicted molar refractivity (Wildman–Crippen MR) is 52.6 cm³/mol. The molecule has 0 aliphatic heterocycles. The smallest absolute Gasteiger partial charge is 0.311 e. The maximum atomic E-state index is 12.3. The van der Waals surface area contributed by atoms with Crippen molar-refractivity contribution in [3.05, 3.63) is 28.0 Å². The van der Waals surface area contributed by atoms with Crippen LogP contribution in [-0.2, 0) is 16.0 Å². The minimum Gasteiger partial charge on any atom is -0.469 e. The standard InChI is InChI=1S/C9H8BrF2NO2/c1-15-8(14)3-7-6(10)2-5(4-13-7)9(11)12/h2,4,9H,3H2,1H3. The number of esters is 1. The van der Waals surface area contributed by atoms with Crippen LogP contribution in [0.4, 0.5) is 8.78 Å². The molecular formula is C9H8BrF2NO2. The van der Waals surface area contributed by atoms with E-state index in [1.165, 1.54) is 13.2 Å². The van der Waals surface area contributed by atoms with Gasteiger partial charge in [0.1, 0.15) is 0 Å². The van der Waals surface area contributed by atoms with Gasteiger partial charge in [0, 0.05) is 16.2 Å². The summed E-state index contributed by atoms with van der Waals surface area (Å²) in [4.78, 5) is 14.7. The van der Waals surface area contributed by atoms with Gasteiger partial charge in [0.2, 0.25) is 0 Å². The van der Waals surface area contributed by atoms with Crippen molar-refractivity contribution in [2.24, 2.45) is 0 Å². The lowest BCUT2D eigenvalue weighted by Gasteiger charge is -2.04. The summed E-state index contributed by atoms with van der Waals surface area (Å²) in [6.07, 6.45) is -1.56. The number of rotatable bonds is 3. The molecular weight excluding hydrogens is 272 g/mol. The quantitative estimate of drug-likeness (QED) is 0.798. The van der Waals surface area contributed by atoms with Crippen LogP contribution in [0.25, 0.3) is 0 Å². The Morgan fingerprint density at radius 3 is 2.80 bits per heavy atom. The van der Waals surface area contributed by atoms with Crippen LogP contribution >= 0.6 is 15.9 Å². The number of carbonyl (C=O) groups is 1. The number of ether oxygens (including phenoxy) is 1. The van der Waals surface area contributed by atoms with E-state index in [1.807, 2.05) is 0 Å². The molecule has 0 aliphatic rings. The van der Waals surface area contributed by atoms with Gasteiger partial charge in [-0.05, 0) is 22.0 Å². The molecule has 15 heavy (non-hydrogen) atoms. The molecule has 3 nitrogen and oxygen atoms in total. The maximum absolute atomic E-state index is 12.3. The lowest BCUT2D eigenvalue weighted by molar-refractivity contribution is -0.139. The van der Waals surface area contributed by atoms with Crippen LogP contribution in [0.15, 0.2) is 16.7 Å². The van der Waals surface area contributed by atoms with Crippen molar-refractivity contribution in [1.29, 1.82) is 0 Å². The molecule has 1 heterocycles. The fourth-order valence-corrected chi connectivity index (χ4v) is 1.45. The van der Waals surface area contributed by atoms with E-state index in [9.17, 15) is 13.6 Å². The lowest BCUT2D eigenvalue weighted by Crippen LogP contribution is -2.07. The van der Waals surface area contributed by atoms with Gasteiger partial charge >= 0.3 is 5.97 Å². The zero-order valence-corrected chi connectivity index (χ0v) is 9.42. The van der Waals surface area contributed by atoms with E-state index in [0.29, 0.717) is 10.2 Å². The van der Waals surface area contributed by atoms with Crippen LogP contribution in [-0.4, -0.2) is 18.1 Å². The van der Waals surface area contributed by atoms with Crippen molar-refractivity contribution in [2.75, 3.05) is 7.11 Å². The fourth-order valence-electron chi connectivity index (χ4n) is 0.939. The van der Waals surface area contributed by atoms with Gasteiger partial charge in [-0.15, -0.1) is 0 Å². The Kier molecular flexibility index (Phi) is 4.14. The monoisotopic (exact) mass is 279 g/mol. The van der Waals surface area contributed by atoms with E-state index in [0.717, 1.165) is 6.20 Å². The van der Waals surface area contributed by atoms with Crippen molar-refractivity contribution in [3.8, 4) is 0 Å². The Balaban J connectivity index is 2.88. The molecule has 0 radical (unpaired) electrons. The number of pyridine rings is 1. The lowest BCUT2D eigenvalue weighted by atomic mass is 10.2. The summed E-state index contributed by atoms with van der Waals surface area (Å²) >= 11 is 3.07. The zero-order chi connectivity index (χ0) is 11.4. The van der Waals surface area contributed by atoms with Gasteiger partial charge in [-0.1, -0.05) is 0 Å². The molecule has 0 spiro atoms. The summed E-state index contributed by atoms with van der Waals surface area (Å²) in [5.41, 5.74) is 0.196. The molecule has 1 rings (SSSR count). The van der Waals surface area contributed by atoms with Crippen LogP contribution in [0.1, 0.15) is 17.7 Å². The Hall–Kier alpha value is -1.04. The van der Waals surface area contributed by atoms with Crippen LogP contribution in [0.2, 0.25) is 0 Å². The van der Waals surface area contributed by atoms with Crippen molar-refractivity contribution in [3.63, 3.8) is 0 Å². The highest BCUT2D eigenvalue weighted by Gasteiger charge is 2.13. The molecule has 1 aromatic heterocycles. The Morgan fingerprint density at radius 1 is 1.67 bits per heavy atom. The molecule has 0 fully saturated rings. The highest BCUT2D eigenvalue weighted by molar-refractivity contribution is 9.10. The molecule has 0 amide bonds. The topological polar surface area (TPSA) is 39.2 Å². The number of nitrogens with zero attached hydrogens (tertiary/aromatic N) is 1. The van der Waals surface area contributed by atoms with Gasteiger partial charge in [0.15, 0.2) is 0 Å². The number of hydrogen-bond donors (Lipinski definition) is 0. The SMILES string of the molecule is COC(=O)Cc1ncc(C(F)F)cc1Br. The highest BCUT2D eigenvalue weighted by atomic mass is 79.9. The van der Waals surface area contributed by atoms with E-state index in [-0.39, 0.29) is 12.0 Å². The van der Waals surface area contributed by atoms with E-state index < -0.39 is 12.4 Å². The maximum Gasteiger partial charge on any atom is 0.311 e. The Bertz CT molecular complexity index is 371. The largest absolute Gasteiger partial charge is 0.469 e. The van der Waals surface area contributed by atoms with E-state index in [4.69, 9.17) is 0 Å². The van der Waals surface area contributed by atoms with Crippen molar-refractivity contribution in [2.45, 2.75) is 12.8 Å². The van der Waals surface area contributed by atoms with E-state index in [1.54, 1.807) is 0 Å². The molecule has 0 saturated carbocycles. The number of alkyl halides is 2. The zero-order valence-electron chi connectivity index (χ0n) is 7.84. The number of carbonyl (C=O) groups excluding carboxylic acids is 1. The van der Waals surface area contributed by atoms with Gasteiger partial charge in [-0.2, -0.15) is 0 Å². The third-order valence-electron chi connectivity index (χ3n) is 1.73. The second kappa shape index (κ2) is 5.16. The average molecular weight is 280 g/mol. The molecule has 0 N–H and O–H groups in total. The summed E-state index contributed by atoms with van der Waals surface area (Å²) in [6.45, 7) is 0. The second-order valence-corrected chi connectivity index (χ2v) is 3.61. The molecule has 0 aliphatic carbocycles. The van der Waals surface area contributed by atoms with Gasteiger partial charge in [0.25, 0.3) is 6.43 Å². The third kappa shape index (κ3) is 3.23. The van der Waals surface area contributed by atoms with Crippen LogP contribution in [0.3, 0.4) is 0 Å². The Labute approximate surface area is 93.6 Å². The second-order valence-electron chi connectivity index (χ2n) is 2.75. The van der Waals surface area contributed by atoms with Crippen molar-refractivity contribution < 1.29 is 18.3 Å². The first-order chi connectivity index (χ1) is 7.04. The predicted octanol–water partition coefficient (Wildman–Crippen LogP) is 2.50. The van der Waals surface area contributed by atoms with E-state index in [2.05, 4.69) is 25.7 Å². The van der Waals surface area contributed by atoms with Crippen molar-refractivity contribution in [1.82, 2.24) is 4.98 Å². The summed E-state index contributed by atoms with van der Waals surface area (Å²) in [5.74, 6) is -0.465. The number of aromatic nitrogens is 1. The van der Waals surface area contributed by atoms with Crippen LogP contribution < -0.4 is 0 Å². The summed E-state index contributed by atoms with van der Waals surface area (Å²) in [6, 6.07) is 1.25. The molecule has 1 aromatic rings. The molecule has 0 aromatic carbocycles. The summed E-state index contributed by atoms with van der Waals surface area (Å²) in [5, 5.41) is 0. The molecule has 0 saturated heterocycles. The first-order valence-electron chi connectivity index (χ1n) is 4.04.